The number of nitrogens with one attached hydrogen (secondary N) is 1. The summed E-state index contributed by atoms with van der Waals surface area (Å²) in [5, 5.41) is 3.78. The number of hydrogen-bond acceptors (Lipinski definition) is 2. The molecule has 17 heavy (non-hydrogen) atoms. The molecule has 2 rings (SSSR count). The summed E-state index contributed by atoms with van der Waals surface area (Å²) in [4.78, 5) is 0. The van der Waals surface area contributed by atoms with Gasteiger partial charge in [-0.15, -0.1) is 0 Å². The summed E-state index contributed by atoms with van der Waals surface area (Å²) in [6.45, 7) is 10.3. The molecule has 2 aliphatic rings. The molecular weight excluding hydrogens is 210 g/mol. The van der Waals surface area contributed by atoms with Crippen LogP contribution in [0.4, 0.5) is 0 Å². The Morgan fingerprint density at radius 3 is 2.35 bits per heavy atom. The van der Waals surface area contributed by atoms with Crippen LogP contribution in [0.25, 0.3) is 0 Å². The molecular formula is C15H29NO. The van der Waals surface area contributed by atoms with Crippen molar-refractivity contribution in [3.8, 4) is 0 Å². The molecule has 2 fully saturated rings. The summed E-state index contributed by atoms with van der Waals surface area (Å²) < 4.78 is 6.01. The minimum atomic E-state index is 0.424. The van der Waals surface area contributed by atoms with Gasteiger partial charge in [-0.25, -0.2) is 0 Å². The smallest absolute Gasteiger partial charge is 0.0597 e. The van der Waals surface area contributed by atoms with Crippen LogP contribution in [0, 0.1) is 17.8 Å². The van der Waals surface area contributed by atoms with Gasteiger partial charge in [0.05, 0.1) is 12.2 Å². The zero-order chi connectivity index (χ0) is 12.4. The molecule has 1 N–H and O–H groups in total. The van der Waals surface area contributed by atoms with E-state index in [0.717, 1.165) is 12.5 Å². The number of rotatable bonds is 6. The first kappa shape index (κ1) is 13.4. The van der Waals surface area contributed by atoms with Gasteiger partial charge in [0.15, 0.2) is 0 Å². The van der Waals surface area contributed by atoms with Crippen LogP contribution < -0.4 is 5.32 Å². The van der Waals surface area contributed by atoms with Crippen LogP contribution in [0.1, 0.15) is 53.4 Å². The van der Waals surface area contributed by atoms with Crippen molar-refractivity contribution in [3.63, 3.8) is 0 Å². The Bertz CT molecular complexity index is 239. The molecule has 1 aliphatic carbocycles. The van der Waals surface area contributed by atoms with Crippen molar-refractivity contribution < 1.29 is 4.74 Å². The van der Waals surface area contributed by atoms with Crippen molar-refractivity contribution in [2.75, 3.05) is 6.54 Å². The lowest BCUT2D eigenvalue weighted by atomic mass is 9.81. The standard InChI is InChI=1S/C15H29NO/c1-5-8-16-14(9-13-6-7-13)15-10(2)11(3)17-12(15)4/h10-16H,5-9H2,1-4H3. The van der Waals surface area contributed by atoms with Gasteiger partial charge in [-0.1, -0.05) is 26.7 Å². The van der Waals surface area contributed by atoms with E-state index in [1.54, 1.807) is 0 Å². The quantitative estimate of drug-likeness (QED) is 0.768. The summed E-state index contributed by atoms with van der Waals surface area (Å²) in [7, 11) is 0. The van der Waals surface area contributed by atoms with Crippen molar-refractivity contribution in [2.45, 2.75) is 71.6 Å². The normalized spacial score (nSPS) is 39.5. The van der Waals surface area contributed by atoms with Gasteiger partial charge in [-0.3, -0.25) is 0 Å². The molecule has 0 aromatic heterocycles. The fourth-order valence-corrected chi connectivity index (χ4v) is 3.41. The summed E-state index contributed by atoms with van der Waals surface area (Å²) in [5.41, 5.74) is 0. The molecule has 0 radical (unpaired) electrons. The molecule has 2 heteroatoms. The molecule has 1 heterocycles. The highest BCUT2D eigenvalue weighted by Crippen LogP contribution is 2.40. The van der Waals surface area contributed by atoms with Gasteiger partial charge in [-0.2, -0.15) is 0 Å². The Morgan fingerprint density at radius 1 is 1.18 bits per heavy atom. The van der Waals surface area contributed by atoms with Crippen LogP contribution >= 0.6 is 0 Å². The van der Waals surface area contributed by atoms with Crippen molar-refractivity contribution in [2.24, 2.45) is 17.8 Å². The van der Waals surface area contributed by atoms with Gasteiger partial charge in [0.2, 0.25) is 0 Å². The topological polar surface area (TPSA) is 21.3 Å². The minimum absolute atomic E-state index is 0.424. The van der Waals surface area contributed by atoms with Crippen LogP contribution in [0.2, 0.25) is 0 Å². The minimum Gasteiger partial charge on any atom is -0.375 e. The average molecular weight is 239 g/mol. The third kappa shape index (κ3) is 3.23. The van der Waals surface area contributed by atoms with Gasteiger partial charge in [0, 0.05) is 12.0 Å². The maximum absolute atomic E-state index is 6.01. The van der Waals surface area contributed by atoms with E-state index in [4.69, 9.17) is 4.74 Å². The van der Waals surface area contributed by atoms with E-state index >= 15 is 0 Å². The van der Waals surface area contributed by atoms with Crippen LogP contribution in [0.3, 0.4) is 0 Å². The van der Waals surface area contributed by atoms with Crippen molar-refractivity contribution in [3.05, 3.63) is 0 Å². The second kappa shape index (κ2) is 5.71. The van der Waals surface area contributed by atoms with Crippen molar-refractivity contribution in [1.29, 1.82) is 0 Å². The summed E-state index contributed by atoms with van der Waals surface area (Å²) >= 11 is 0. The van der Waals surface area contributed by atoms with Gasteiger partial charge < -0.3 is 10.1 Å². The molecule has 0 aromatic rings. The van der Waals surface area contributed by atoms with Gasteiger partial charge in [0.1, 0.15) is 0 Å². The fourth-order valence-electron chi connectivity index (χ4n) is 3.41. The monoisotopic (exact) mass is 239 g/mol. The summed E-state index contributed by atoms with van der Waals surface area (Å²) in [5.74, 6) is 2.40. The summed E-state index contributed by atoms with van der Waals surface area (Å²) in [6, 6.07) is 0.678. The van der Waals surface area contributed by atoms with Crippen LogP contribution in [0.15, 0.2) is 0 Å². The third-order valence-electron chi connectivity index (χ3n) is 4.72. The molecule has 0 bridgehead atoms. The van der Waals surface area contributed by atoms with Gasteiger partial charge in [-0.05, 0) is 45.1 Å². The van der Waals surface area contributed by atoms with Gasteiger partial charge >= 0.3 is 0 Å². The van der Waals surface area contributed by atoms with E-state index < -0.39 is 0 Å². The highest BCUT2D eigenvalue weighted by molar-refractivity contribution is 4.94. The van der Waals surface area contributed by atoms with Crippen molar-refractivity contribution >= 4 is 0 Å². The lowest BCUT2D eigenvalue weighted by molar-refractivity contribution is 0.0469. The fraction of sp³-hybridized carbons (Fsp3) is 1.00. The molecule has 5 unspecified atom stereocenters. The molecule has 100 valence electrons. The van der Waals surface area contributed by atoms with E-state index in [1.165, 1.54) is 25.7 Å². The highest BCUT2D eigenvalue weighted by atomic mass is 16.5. The van der Waals surface area contributed by atoms with E-state index in [9.17, 15) is 0 Å². The Morgan fingerprint density at radius 2 is 1.88 bits per heavy atom. The Labute approximate surface area is 107 Å². The zero-order valence-corrected chi connectivity index (χ0v) is 11.9. The van der Waals surface area contributed by atoms with Crippen molar-refractivity contribution in [1.82, 2.24) is 5.32 Å². The molecule has 2 nitrogen and oxygen atoms in total. The first-order chi connectivity index (χ1) is 8.13. The molecule has 0 aromatic carbocycles. The third-order valence-corrected chi connectivity index (χ3v) is 4.72. The average Bonchev–Trinajstić information content (AvgIpc) is 3.05. The second-order valence-electron chi connectivity index (χ2n) is 6.22. The van der Waals surface area contributed by atoms with Crippen LogP contribution in [0.5, 0.6) is 0 Å². The lowest BCUT2D eigenvalue weighted by Gasteiger charge is -2.30. The molecule has 0 amide bonds. The van der Waals surface area contributed by atoms with E-state index in [1.807, 2.05) is 0 Å². The van der Waals surface area contributed by atoms with E-state index in [-0.39, 0.29) is 0 Å². The number of ether oxygens (including phenoxy) is 1. The molecule has 1 saturated carbocycles. The Hall–Kier alpha value is -0.0800. The highest BCUT2D eigenvalue weighted by Gasteiger charge is 2.42. The number of hydrogen-bond donors (Lipinski definition) is 1. The zero-order valence-electron chi connectivity index (χ0n) is 11.9. The van der Waals surface area contributed by atoms with E-state index in [0.29, 0.717) is 30.1 Å². The Kier molecular flexibility index (Phi) is 4.48. The SMILES string of the molecule is CCCNC(CC1CC1)C1C(C)OC(C)C1C. The molecule has 1 aliphatic heterocycles. The van der Waals surface area contributed by atoms with Gasteiger partial charge in [0.25, 0.3) is 0 Å². The van der Waals surface area contributed by atoms with Crippen LogP contribution in [-0.2, 0) is 4.74 Å². The summed E-state index contributed by atoms with van der Waals surface area (Å²) in [6.07, 6.45) is 6.36. The van der Waals surface area contributed by atoms with E-state index in [2.05, 4.69) is 33.0 Å². The predicted molar refractivity (Wildman–Crippen MR) is 72.1 cm³/mol. The molecule has 1 saturated heterocycles. The van der Waals surface area contributed by atoms with Crippen LogP contribution in [-0.4, -0.2) is 24.8 Å². The molecule has 5 atom stereocenters. The maximum atomic E-state index is 6.01. The first-order valence-electron chi connectivity index (χ1n) is 7.52. The largest absolute Gasteiger partial charge is 0.375 e. The Balaban J connectivity index is 1.96. The predicted octanol–water partition coefficient (Wildman–Crippen LogP) is 3.21. The molecule has 0 spiro atoms. The lowest BCUT2D eigenvalue weighted by Crippen LogP contribution is -2.42. The second-order valence-corrected chi connectivity index (χ2v) is 6.22. The maximum Gasteiger partial charge on any atom is 0.0597 e. The first-order valence-corrected chi connectivity index (χ1v) is 7.52.